The van der Waals surface area contributed by atoms with Crippen LogP contribution >= 0.6 is 0 Å². The summed E-state index contributed by atoms with van der Waals surface area (Å²) >= 11 is 0. The molecule has 2 atom stereocenters. The van der Waals surface area contributed by atoms with E-state index >= 15 is 0 Å². The third kappa shape index (κ3) is 4.49. The lowest BCUT2D eigenvalue weighted by atomic mass is 9.85. The Kier molecular flexibility index (Phi) is 6.29. The first-order valence-electron chi connectivity index (χ1n) is 8.61. The third-order valence-electron chi connectivity index (χ3n) is 4.82. The maximum absolute atomic E-state index is 11.3. The fourth-order valence-corrected chi connectivity index (χ4v) is 3.42. The van der Waals surface area contributed by atoms with Crippen LogP contribution in [0.25, 0.3) is 0 Å². The highest BCUT2D eigenvalue weighted by Gasteiger charge is 2.24. The molecular weight excluding hydrogens is 276 g/mol. The van der Waals surface area contributed by atoms with Gasteiger partial charge in [0.25, 0.3) is 0 Å². The van der Waals surface area contributed by atoms with Crippen molar-refractivity contribution in [3.63, 3.8) is 0 Å². The molecule has 1 aliphatic rings. The van der Waals surface area contributed by atoms with Crippen molar-refractivity contribution in [3.05, 3.63) is 29.8 Å². The number of aliphatic carboxylic acids is 1. The maximum atomic E-state index is 11.3. The van der Waals surface area contributed by atoms with E-state index in [1.807, 2.05) is 31.2 Å². The van der Waals surface area contributed by atoms with E-state index in [1.165, 1.54) is 25.7 Å². The molecule has 0 saturated heterocycles. The molecule has 1 fully saturated rings. The minimum Gasteiger partial charge on any atom is -0.490 e. The van der Waals surface area contributed by atoms with Crippen LogP contribution in [0.15, 0.2) is 24.3 Å². The van der Waals surface area contributed by atoms with Gasteiger partial charge in [-0.15, -0.1) is 0 Å². The molecule has 0 aromatic heterocycles. The fourth-order valence-electron chi connectivity index (χ4n) is 3.42. The van der Waals surface area contributed by atoms with Gasteiger partial charge in [-0.3, -0.25) is 4.79 Å². The molecule has 1 saturated carbocycles. The third-order valence-corrected chi connectivity index (χ3v) is 4.82. The number of ether oxygens (including phenoxy) is 1. The summed E-state index contributed by atoms with van der Waals surface area (Å²) in [7, 11) is 0. The maximum Gasteiger partial charge on any atom is 0.306 e. The van der Waals surface area contributed by atoms with Gasteiger partial charge in [-0.1, -0.05) is 38.8 Å². The van der Waals surface area contributed by atoms with Crippen molar-refractivity contribution in [3.8, 4) is 5.75 Å². The summed E-state index contributed by atoms with van der Waals surface area (Å²) in [5.41, 5.74) is 1.07. The molecule has 0 amide bonds. The SMILES string of the molecule is CC[C@H](c1cccc(OC2CCCCCC2)c1)[C@H](C)C(=O)O. The summed E-state index contributed by atoms with van der Waals surface area (Å²) in [4.78, 5) is 11.3. The van der Waals surface area contributed by atoms with Gasteiger partial charge in [0.05, 0.1) is 12.0 Å². The van der Waals surface area contributed by atoms with Crippen molar-refractivity contribution in [2.24, 2.45) is 5.92 Å². The van der Waals surface area contributed by atoms with Crippen LogP contribution in [0.1, 0.15) is 70.3 Å². The molecule has 0 bridgehead atoms. The second kappa shape index (κ2) is 8.21. The van der Waals surface area contributed by atoms with Gasteiger partial charge in [0.2, 0.25) is 0 Å². The first-order valence-corrected chi connectivity index (χ1v) is 8.61. The van der Waals surface area contributed by atoms with Gasteiger partial charge in [0.15, 0.2) is 0 Å². The second-order valence-electron chi connectivity index (χ2n) is 6.45. The predicted octanol–water partition coefficient (Wildman–Crippen LogP) is 5.00. The molecule has 0 unspecified atom stereocenters. The zero-order valence-corrected chi connectivity index (χ0v) is 13.8. The Morgan fingerprint density at radius 1 is 1.27 bits per heavy atom. The molecule has 1 aliphatic carbocycles. The van der Waals surface area contributed by atoms with Crippen LogP contribution in [0.2, 0.25) is 0 Å². The zero-order valence-electron chi connectivity index (χ0n) is 13.8. The minimum absolute atomic E-state index is 0.0372. The lowest BCUT2D eigenvalue weighted by Gasteiger charge is -2.22. The lowest BCUT2D eigenvalue weighted by Crippen LogP contribution is -2.19. The van der Waals surface area contributed by atoms with Crippen molar-refractivity contribution in [2.45, 2.75) is 70.8 Å². The minimum atomic E-state index is -0.734. The van der Waals surface area contributed by atoms with Crippen molar-refractivity contribution in [1.29, 1.82) is 0 Å². The average molecular weight is 304 g/mol. The Balaban J connectivity index is 2.09. The molecular formula is C19H28O3. The van der Waals surface area contributed by atoms with Gasteiger partial charge in [-0.05, 0) is 55.7 Å². The molecule has 1 N–H and O–H groups in total. The van der Waals surface area contributed by atoms with E-state index in [9.17, 15) is 9.90 Å². The van der Waals surface area contributed by atoms with Gasteiger partial charge >= 0.3 is 5.97 Å². The molecule has 3 nitrogen and oxygen atoms in total. The van der Waals surface area contributed by atoms with Gasteiger partial charge in [-0.2, -0.15) is 0 Å². The van der Waals surface area contributed by atoms with E-state index < -0.39 is 5.97 Å². The summed E-state index contributed by atoms with van der Waals surface area (Å²) in [6, 6.07) is 8.04. The Morgan fingerprint density at radius 2 is 1.95 bits per heavy atom. The Hall–Kier alpha value is -1.51. The van der Waals surface area contributed by atoms with Crippen molar-refractivity contribution in [1.82, 2.24) is 0 Å². The van der Waals surface area contributed by atoms with E-state index in [1.54, 1.807) is 6.92 Å². The summed E-state index contributed by atoms with van der Waals surface area (Å²) in [5.74, 6) is -0.185. The predicted molar refractivity (Wildman–Crippen MR) is 88.4 cm³/mol. The smallest absolute Gasteiger partial charge is 0.306 e. The molecule has 2 rings (SSSR count). The lowest BCUT2D eigenvalue weighted by molar-refractivity contribution is -0.141. The molecule has 0 spiro atoms. The van der Waals surface area contributed by atoms with Crippen LogP contribution in [0.3, 0.4) is 0 Å². The van der Waals surface area contributed by atoms with Crippen LogP contribution < -0.4 is 4.74 Å². The molecule has 1 aromatic carbocycles. The van der Waals surface area contributed by atoms with E-state index in [0.717, 1.165) is 30.6 Å². The van der Waals surface area contributed by atoms with Gasteiger partial charge < -0.3 is 9.84 Å². The van der Waals surface area contributed by atoms with Crippen LogP contribution in [-0.2, 0) is 4.79 Å². The number of hydrogen-bond donors (Lipinski definition) is 1. The topological polar surface area (TPSA) is 46.5 Å². The highest BCUT2D eigenvalue weighted by molar-refractivity contribution is 5.71. The molecule has 22 heavy (non-hydrogen) atoms. The van der Waals surface area contributed by atoms with E-state index in [2.05, 4.69) is 0 Å². The molecule has 3 heteroatoms. The van der Waals surface area contributed by atoms with Gasteiger partial charge in [0.1, 0.15) is 5.75 Å². The summed E-state index contributed by atoms with van der Waals surface area (Å²) in [5, 5.41) is 9.28. The van der Waals surface area contributed by atoms with Crippen molar-refractivity contribution in [2.75, 3.05) is 0 Å². The largest absolute Gasteiger partial charge is 0.490 e. The Bertz CT molecular complexity index is 475. The highest BCUT2D eigenvalue weighted by Crippen LogP contribution is 2.31. The summed E-state index contributed by atoms with van der Waals surface area (Å²) in [6.45, 7) is 3.83. The molecule has 1 aromatic rings. The van der Waals surface area contributed by atoms with Crippen LogP contribution in [0.5, 0.6) is 5.75 Å². The fraction of sp³-hybridized carbons (Fsp3) is 0.632. The van der Waals surface area contributed by atoms with Crippen molar-refractivity contribution < 1.29 is 14.6 Å². The average Bonchev–Trinajstić information content (AvgIpc) is 2.77. The molecule has 0 heterocycles. The Morgan fingerprint density at radius 3 is 2.55 bits per heavy atom. The second-order valence-corrected chi connectivity index (χ2v) is 6.45. The van der Waals surface area contributed by atoms with Gasteiger partial charge in [0, 0.05) is 0 Å². The highest BCUT2D eigenvalue weighted by atomic mass is 16.5. The number of rotatable bonds is 6. The zero-order chi connectivity index (χ0) is 15.9. The first kappa shape index (κ1) is 16.9. The summed E-state index contributed by atoms with van der Waals surface area (Å²) < 4.78 is 6.16. The van der Waals surface area contributed by atoms with E-state index in [0.29, 0.717) is 6.10 Å². The molecule has 122 valence electrons. The number of hydrogen-bond acceptors (Lipinski definition) is 2. The van der Waals surface area contributed by atoms with Crippen LogP contribution in [-0.4, -0.2) is 17.2 Å². The molecule has 0 radical (unpaired) electrons. The van der Waals surface area contributed by atoms with Crippen molar-refractivity contribution >= 4 is 5.97 Å². The normalized spacial score (nSPS) is 19.2. The van der Waals surface area contributed by atoms with Crippen LogP contribution in [0.4, 0.5) is 0 Å². The monoisotopic (exact) mass is 304 g/mol. The van der Waals surface area contributed by atoms with E-state index in [4.69, 9.17) is 4.74 Å². The quantitative estimate of drug-likeness (QED) is 0.752. The van der Waals surface area contributed by atoms with Gasteiger partial charge in [-0.25, -0.2) is 0 Å². The number of carboxylic acid groups (broad SMARTS) is 1. The summed E-state index contributed by atoms with van der Waals surface area (Å²) in [6.07, 6.45) is 8.52. The standard InChI is InChI=1S/C19H28O3/c1-3-18(14(2)19(20)21)15-9-8-12-17(13-15)22-16-10-6-4-5-7-11-16/h8-9,12-14,16,18H,3-7,10-11H2,1-2H3,(H,20,21)/t14-,18-/m0/s1. The van der Waals surface area contributed by atoms with Crippen LogP contribution in [0, 0.1) is 5.92 Å². The Labute approximate surface area is 133 Å². The molecule has 0 aliphatic heterocycles. The number of carboxylic acids is 1. The number of carbonyl (C=O) groups is 1. The van der Waals surface area contributed by atoms with E-state index in [-0.39, 0.29) is 11.8 Å². The first-order chi connectivity index (χ1) is 10.6. The number of benzene rings is 1.